The molecule has 2 heterocycles. The Morgan fingerprint density at radius 1 is 1.12 bits per heavy atom. The van der Waals surface area contributed by atoms with E-state index in [1.807, 2.05) is 0 Å². The molecule has 0 aliphatic carbocycles. The van der Waals surface area contributed by atoms with Crippen molar-refractivity contribution in [2.75, 3.05) is 5.73 Å². The highest BCUT2D eigenvalue weighted by Gasteiger charge is 2.19. The van der Waals surface area contributed by atoms with E-state index in [4.69, 9.17) is 5.73 Å². The molecule has 0 aliphatic heterocycles. The molecule has 0 bridgehead atoms. The minimum Gasteiger partial charge on any atom is -0.383 e. The van der Waals surface area contributed by atoms with Gasteiger partial charge in [-0.25, -0.2) is 13.5 Å². The Morgan fingerprint density at radius 2 is 1.88 bits per heavy atom. The third kappa shape index (κ3) is 1.95. The summed E-state index contributed by atoms with van der Waals surface area (Å²) in [5, 5.41) is 5.12. The Bertz CT molecular complexity index is 1180. The smallest absolute Gasteiger partial charge is 0.267 e. The van der Waals surface area contributed by atoms with E-state index in [-0.39, 0.29) is 22.5 Å². The Labute approximate surface area is 136 Å². The van der Waals surface area contributed by atoms with Gasteiger partial charge in [0.25, 0.3) is 5.56 Å². The summed E-state index contributed by atoms with van der Waals surface area (Å²) in [6.07, 6.45) is 0. The van der Waals surface area contributed by atoms with E-state index in [0.717, 1.165) is 22.9 Å². The van der Waals surface area contributed by atoms with Crippen molar-refractivity contribution in [2.45, 2.75) is 0 Å². The van der Waals surface area contributed by atoms with Crippen molar-refractivity contribution in [3.8, 4) is 5.69 Å². The quantitative estimate of drug-likeness (QED) is 0.540. The Kier molecular flexibility index (Phi) is 3.15. The molecule has 4 aromatic rings. The number of aromatic nitrogens is 3. The normalized spacial score (nSPS) is 11.5. The molecule has 2 aromatic carbocycles. The predicted molar refractivity (Wildman–Crippen MR) is 92.3 cm³/mol. The van der Waals surface area contributed by atoms with Gasteiger partial charge in [-0.05, 0) is 27.6 Å². The highest BCUT2D eigenvalue weighted by atomic mass is 31.0. The van der Waals surface area contributed by atoms with Gasteiger partial charge >= 0.3 is 0 Å². The Morgan fingerprint density at radius 3 is 2.67 bits per heavy atom. The number of para-hydroxylation sites is 1. The van der Waals surface area contributed by atoms with Gasteiger partial charge in [-0.1, -0.05) is 18.2 Å². The first-order valence-electron chi connectivity index (χ1n) is 7.01. The van der Waals surface area contributed by atoms with Gasteiger partial charge in [0, 0.05) is 11.5 Å². The second-order valence-corrected chi connectivity index (χ2v) is 5.83. The third-order valence-electron chi connectivity index (χ3n) is 3.91. The van der Waals surface area contributed by atoms with Gasteiger partial charge in [-0.2, -0.15) is 5.10 Å². The molecule has 1 unspecified atom stereocenters. The van der Waals surface area contributed by atoms with Crippen molar-refractivity contribution in [2.24, 2.45) is 0 Å². The average molecular weight is 344 g/mol. The number of pyridine rings is 1. The fourth-order valence-corrected chi connectivity index (χ4v) is 3.13. The summed E-state index contributed by atoms with van der Waals surface area (Å²) in [4.78, 5) is 12.6. The predicted octanol–water partition coefficient (Wildman–Crippen LogP) is 2.84. The van der Waals surface area contributed by atoms with Gasteiger partial charge in [0.2, 0.25) is 0 Å². The molecule has 1 atom stereocenters. The summed E-state index contributed by atoms with van der Waals surface area (Å²) in [5.41, 5.74) is 6.49. The molecule has 0 saturated carbocycles. The first kappa shape index (κ1) is 14.8. The minimum absolute atomic E-state index is 0.0403. The number of anilines is 1. The molecule has 24 heavy (non-hydrogen) atoms. The van der Waals surface area contributed by atoms with Gasteiger partial charge in [-0.15, -0.1) is 0 Å². The van der Waals surface area contributed by atoms with Gasteiger partial charge in [0.05, 0.1) is 5.52 Å². The van der Waals surface area contributed by atoms with E-state index in [2.05, 4.69) is 14.5 Å². The molecule has 0 radical (unpaired) electrons. The molecule has 0 aliphatic rings. The minimum atomic E-state index is -0.689. The zero-order valence-corrected chi connectivity index (χ0v) is 13.4. The van der Waals surface area contributed by atoms with E-state index in [9.17, 15) is 13.6 Å². The maximum atomic E-state index is 14.1. The summed E-state index contributed by atoms with van der Waals surface area (Å²) >= 11 is 0. The van der Waals surface area contributed by atoms with Crippen LogP contribution < -0.4 is 11.3 Å². The van der Waals surface area contributed by atoms with Crippen LogP contribution in [0.2, 0.25) is 0 Å². The first-order chi connectivity index (χ1) is 11.5. The van der Waals surface area contributed by atoms with Crippen molar-refractivity contribution in [1.29, 1.82) is 0 Å². The van der Waals surface area contributed by atoms with Crippen LogP contribution in [0.25, 0.3) is 27.5 Å². The number of fused-ring (bicyclic) bond motifs is 3. The summed E-state index contributed by atoms with van der Waals surface area (Å²) < 4.78 is 30.0. The van der Waals surface area contributed by atoms with Crippen molar-refractivity contribution in [3.63, 3.8) is 0 Å². The van der Waals surface area contributed by atoms with E-state index < -0.39 is 11.6 Å². The van der Waals surface area contributed by atoms with Crippen LogP contribution in [0.4, 0.5) is 14.6 Å². The number of nitrogen functional groups attached to an aromatic ring is 1. The highest BCUT2D eigenvalue weighted by molar-refractivity contribution is 7.14. The number of hydrogen-bond donors (Lipinski definition) is 1. The number of halogens is 2. The van der Waals surface area contributed by atoms with Crippen LogP contribution in [0.5, 0.6) is 0 Å². The maximum absolute atomic E-state index is 14.1. The molecule has 2 aromatic heterocycles. The van der Waals surface area contributed by atoms with Crippen LogP contribution >= 0.6 is 9.39 Å². The van der Waals surface area contributed by atoms with Gasteiger partial charge in [0.1, 0.15) is 34.0 Å². The Hall–Kier alpha value is -2.79. The van der Waals surface area contributed by atoms with Crippen molar-refractivity contribution < 1.29 is 8.78 Å². The number of nitrogens with two attached hydrogens (primary N) is 1. The summed E-state index contributed by atoms with van der Waals surface area (Å²) in [5.74, 6) is -1.36. The molecule has 120 valence electrons. The topological polar surface area (TPSA) is 65.8 Å². The Balaban J connectivity index is 2.20. The number of nitrogens with zero attached hydrogens (tertiary/aromatic N) is 3. The molecule has 0 amide bonds. The summed E-state index contributed by atoms with van der Waals surface area (Å²) in [7, 11) is 2.33. The summed E-state index contributed by atoms with van der Waals surface area (Å²) in [6, 6.07) is 10.1. The first-order valence-corrected chi connectivity index (χ1v) is 7.53. The molecule has 0 fully saturated rings. The maximum Gasteiger partial charge on any atom is 0.267 e. The average Bonchev–Trinajstić information content (AvgIpc) is 2.92. The highest BCUT2D eigenvalue weighted by Crippen LogP contribution is 2.29. The van der Waals surface area contributed by atoms with Crippen LogP contribution in [0, 0.1) is 11.6 Å². The third-order valence-corrected chi connectivity index (χ3v) is 4.42. The molecule has 8 heteroatoms. The van der Waals surface area contributed by atoms with Crippen molar-refractivity contribution >= 4 is 37.0 Å². The van der Waals surface area contributed by atoms with Crippen LogP contribution in [0.3, 0.4) is 0 Å². The van der Waals surface area contributed by atoms with Gasteiger partial charge in [-0.3, -0.25) is 9.13 Å². The molecule has 0 saturated heterocycles. The zero-order valence-electron chi connectivity index (χ0n) is 12.2. The fourth-order valence-electron chi connectivity index (χ4n) is 2.78. The SMILES string of the molecule is Nc1c2c(=O)n(P)c3ccccc3c2nn1-c1cc(F)ccc1F. The molecule has 4 rings (SSSR count). The summed E-state index contributed by atoms with van der Waals surface area (Å²) in [6.45, 7) is 0. The van der Waals surface area contributed by atoms with Crippen molar-refractivity contribution in [3.05, 3.63) is 64.5 Å². The lowest BCUT2D eigenvalue weighted by Gasteiger charge is -2.05. The molecule has 5 nitrogen and oxygen atoms in total. The second kappa shape index (κ2) is 5.11. The van der Waals surface area contributed by atoms with Crippen molar-refractivity contribution in [1.82, 2.24) is 14.1 Å². The lowest BCUT2D eigenvalue weighted by Crippen LogP contribution is -2.14. The van der Waals surface area contributed by atoms with E-state index in [1.54, 1.807) is 24.3 Å². The largest absolute Gasteiger partial charge is 0.383 e. The molecule has 0 spiro atoms. The van der Waals surface area contributed by atoms with Crippen LogP contribution in [0.1, 0.15) is 0 Å². The van der Waals surface area contributed by atoms with E-state index in [1.165, 1.54) is 4.34 Å². The molecule has 2 N–H and O–H groups in total. The van der Waals surface area contributed by atoms with Crippen LogP contribution in [-0.4, -0.2) is 14.1 Å². The van der Waals surface area contributed by atoms with E-state index in [0.29, 0.717) is 16.4 Å². The number of benzene rings is 2. The van der Waals surface area contributed by atoms with Crippen LogP contribution in [0.15, 0.2) is 47.3 Å². The monoisotopic (exact) mass is 344 g/mol. The lowest BCUT2D eigenvalue weighted by molar-refractivity contribution is 0.588. The standard InChI is InChI=1S/C16H11F2N4OP/c17-8-5-6-10(18)12(7-8)21-15(19)13-14(20-21)9-3-1-2-4-11(9)22(24)16(13)23/h1-7H,19,24H2. The number of hydrogen-bond acceptors (Lipinski definition) is 3. The zero-order chi connectivity index (χ0) is 17.0. The molecular formula is C16H11F2N4OP. The number of rotatable bonds is 1. The lowest BCUT2D eigenvalue weighted by atomic mass is 10.1. The molecular weight excluding hydrogens is 333 g/mol. The van der Waals surface area contributed by atoms with Crippen LogP contribution in [-0.2, 0) is 0 Å². The van der Waals surface area contributed by atoms with Gasteiger partial charge in [0.15, 0.2) is 0 Å². The van der Waals surface area contributed by atoms with Gasteiger partial charge < -0.3 is 5.73 Å². The van der Waals surface area contributed by atoms with E-state index >= 15 is 0 Å². The fraction of sp³-hybridized carbons (Fsp3) is 0. The second-order valence-electron chi connectivity index (χ2n) is 5.31.